The molecular weight excluding hydrogens is 242 g/mol. The highest BCUT2D eigenvalue weighted by molar-refractivity contribution is 5.59. The molecule has 0 aromatic carbocycles. The summed E-state index contributed by atoms with van der Waals surface area (Å²) in [6.45, 7) is 6.79. The number of nitrogens with one attached hydrogen (secondary N) is 1. The van der Waals surface area contributed by atoms with Crippen molar-refractivity contribution in [2.45, 2.75) is 45.6 Å². The van der Waals surface area contributed by atoms with E-state index in [2.05, 4.69) is 29.2 Å². The lowest BCUT2D eigenvalue weighted by Crippen LogP contribution is -2.35. The van der Waals surface area contributed by atoms with Crippen LogP contribution in [-0.2, 0) is 0 Å². The summed E-state index contributed by atoms with van der Waals surface area (Å²) in [5, 5.41) is 9.23. The molecule has 0 amide bonds. The van der Waals surface area contributed by atoms with E-state index in [0.29, 0.717) is 18.3 Å². The van der Waals surface area contributed by atoms with E-state index in [-0.39, 0.29) is 12.6 Å². The SMILES string of the molecule is Cc1c(NN)nc(C2CC2)nc1N(CCO)C(C)C. The van der Waals surface area contributed by atoms with E-state index in [1.165, 1.54) is 0 Å². The lowest BCUT2D eigenvalue weighted by atomic mass is 10.2. The fourth-order valence-electron chi connectivity index (χ4n) is 2.18. The molecule has 4 N–H and O–H groups in total. The lowest BCUT2D eigenvalue weighted by Gasteiger charge is -2.29. The molecule has 0 unspecified atom stereocenters. The van der Waals surface area contributed by atoms with Crippen LogP contribution >= 0.6 is 0 Å². The summed E-state index contributed by atoms with van der Waals surface area (Å²) in [4.78, 5) is 11.3. The number of hydrazine groups is 1. The van der Waals surface area contributed by atoms with Gasteiger partial charge in [0.1, 0.15) is 17.5 Å². The molecule has 0 radical (unpaired) electrons. The Bertz CT molecular complexity index is 445. The number of anilines is 2. The average molecular weight is 265 g/mol. The Balaban J connectivity index is 2.43. The number of nitrogens with two attached hydrogens (primary N) is 1. The zero-order chi connectivity index (χ0) is 14.0. The second-order valence-electron chi connectivity index (χ2n) is 5.31. The van der Waals surface area contributed by atoms with Gasteiger partial charge in [-0.2, -0.15) is 0 Å². The van der Waals surface area contributed by atoms with Crippen molar-refractivity contribution < 1.29 is 5.11 Å². The first-order chi connectivity index (χ1) is 9.08. The van der Waals surface area contributed by atoms with E-state index < -0.39 is 0 Å². The highest BCUT2D eigenvalue weighted by Crippen LogP contribution is 2.40. The van der Waals surface area contributed by atoms with Crippen molar-refractivity contribution in [2.75, 3.05) is 23.5 Å². The van der Waals surface area contributed by atoms with Gasteiger partial charge in [0.2, 0.25) is 0 Å². The summed E-state index contributed by atoms with van der Waals surface area (Å²) < 4.78 is 0. The molecule has 0 atom stereocenters. The highest BCUT2D eigenvalue weighted by atomic mass is 16.3. The van der Waals surface area contributed by atoms with E-state index in [1.54, 1.807) is 0 Å². The van der Waals surface area contributed by atoms with Crippen LogP contribution in [0.4, 0.5) is 11.6 Å². The smallest absolute Gasteiger partial charge is 0.148 e. The Morgan fingerprint density at radius 3 is 2.58 bits per heavy atom. The van der Waals surface area contributed by atoms with Gasteiger partial charge in [0.15, 0.2) is 0 Å². The summed E-state index contributed by atoms with van der Waals surface area (Å²) in [5.74, 6) is 8.42. The van der Waals surface area contributed by atoms with Crippen LogP contribution in [-0.4, -0.2) is 34.3 Å². The third-order valence-corrected chi connectivity index (χ3v) is 3.45. The predicted molar refractivity (Wildman–Crippen MR) is 76.1 cm³/mol. The second-order valence-corrected chi connectivity index (χ2v) is 5.31. The molecule has 1 aromatic rings. The molecule has 0 spiro atoms. The Kier molecular flexibility index (Phi) is 4.21. The first kappa shape index (κ1) is 14.0. The zero-order valence-electron chi connectivity index (χ0n) is 11.8. The van der Waals surface area contributed by atoms with Crippen LogP contribution in [0.1, 0.15) is 44.0 Å². The maximum Gasteiger partial charge on any atom is 0.148 e. The molecule has 2 rings (SSSR count). The summed E-state index contributed by atoms with van der Waals surface area (Å²) >= 11 is 0. The first-order valence-electron chi connectivity index (χ1n) is 6.81. The number of rotatable bonds is 6. The predicted octanol–water partition coefficient (Wildman–Crippen LogP) is 1.16. The average Bonchev–Trinajstić information content (AvgIpc) is 3.20. The third kappa shape index (κ3) is 2.96. The molecule has 6 heteroatoms. The molecule has 0 aliphatic heterocycles. The van der Waals surface area contributed by atoms with E-state index in [9.17, 15) is 5.11 Å². The molecule has 106 valence electrons. The summed E-state index contributed by atoms with van der Waals surface area (Å²) in [6, 6.07) is 0.262. The van der Waals surface area contributed by atoms with Gasteiger partial charge in [0.05, 0.1) is 6.61 Å². The summed E-state index contributed by atoms with van der Waals surface area (Å²) in [6.07, 6.45) is 2.29. The van der Waals surface area contributed by atoms with Crippen molar-refractivity contribution in [1.29, 1.82) is 0 Å². The van der Waals surface area contributed by atoms with Crippen molar-refractivity contribution in [3.8, 4) is 0 Å². The largest absolute Gasteiger partial charge is 0.395 e. The van der Waals surface area contributed by atoms with Gasteiger partial charge in [-0.1, -0.05) is 0 Å². The van der Waals surface area contributed by atoms with Gasteiger partial charge in [-0.3, -0.25) is 0 Å². The molecule has 1 aliphatic carbocycles. The first-order valence-corrected chi connectivity index (χ1v) is 6.81. The summed E-state index contributed by atoms with van der Waals surface area (Å²) in [7, 11) is 0. The van der Waals surface area contributed by atoms with Crippen LogP contribution in [0, 0.1) is 6.92 Å². The van der Waals surface area contributed by atoms with Gasteiger partial charge in [0.25, 0.3) is 0 Å². The molecule has 1 aromatic heterocycles. The molecule has 0 saturated heterocycles. The molecule has 1 heterocycles. The van der Waals surface area contributed by atoms with E-state index in [4.69, 9.17) is 10.8 Å². The molecule has 19 heavy (non-hydrogen) atoms. The highest BCUT2D eigenvalue weighted by Gasteiger charge is 2.29. The number of aromatic nitrogens is 2. The zero-order valence-corrected chi connectivity index (χ0v) is 11.8. The topological polar surface area (TPSA) is 87.3 Å². The van der Waals surface area contributed by atoms with Crippen molar-refractivity contribution in [3.05, 3.63) is 11.4 Å². The van der Waals surface area contributed by atoms with Gasteiger partial charge in [-0.05, 0) is 33.6 Å². The fraction of sp³-hybridized carbons (Fsp3) is 0.692. The minimum Gasteiger partial charge on any atom is -0.395 e. The van der Waals surface area contributed by atoms with E-state index in [0.717, 1.165) is 30.0 Å². The maximum atomic E-state index is 9.23. The maximum absolute atomic E-state index is 9.23. The minimum absolute atomic E-state index is 0.103. The summed E-state index contributed by atoms with van der Waals surface area (Å²) in [5.41, 5.74) is 3.58. The van der Waals surface area contributed by atoms with Crippen LogP contribution in [0.5, 0.6) is 0 Å². The standard InChI is InChI=1S/C13H23N5O/c1-8(2)18(6-7-19)13-9(3)11(17-14)15-12(16-13)10-4-5-10/h8,10,19H,4-7,14H2,1-3H3,(H,15,16,17). The molecule has 1 aliphatic rings. The van der Waals surface area contributed by atoms with E-state index in [1.807, 2.05) is 6.92 Å². The van der Waals surface area contributed by atoms with Crippen LogP contribution in [0.25, 0.3) is 0 Å². The van der Waals surface area contributed by atoms with Crippen LogP contribution in [0.3, 0.4) is 0 Å². The molecule has 1 saturated carbocycles. The Hall–Kier alpha value is -1.40. The second kappa shape index (κ2) is 5.71. The number of nitrogen functional groups attached to an aromatic ring is 1. The Labute approximate surface area is 114 Å². The molecular formula is C13H23N5O. The number of aliphatic hydroxyl groups is 1. The Morgan fingerprint density at radius 2 is 2.11 bits per heavy atom. The van der Waals surface area contributed by atoms with Gasteiger partial charge in [-0.25, -0.2) is 15.8 Å². The van der Waals surface area contributed by atoms with Gasteiger partial charge < -0.3 is 15.4 Å². The van der Waals surface area contributed by atoms with Crippen LogP contribution in [0.2, 0.25) is 0 Å². The van der Waals surface area contributed by atoms with Crippen molar-refractivity contribution in [1.82, 2.24) is 9.97 Å². The molecule has 1 fully saturated rings. The van der Waals surface area contributed by atoms with Gasteiger partial charge in [0, 0.05) is 24.1 Å². The van der Waals surface area contributed by atoms with Crippen molar-refractivity contribution in [3.63, 3.8) is 0 Å². The number of nitrogens with zero attached hydrogens (tertiary/aromatic N) is 3. The van der Waals surface area contributed by atoms with E-state index >= 15 is 0 Å². The quantitative estimate of drug-likeness (QED) is 0.528. The van der Waals surface area contributed by atoms with Crippen molar-refractivity contribution in [2.24, 2.45) is 5.84 Å². The fourth-order valence-corrected chi connectivity index (χ4v) is 2.18. The number of hydrogen-bond acceptors (Lipinski definition) is 6. The number of aliphatic hydroxyl groups excluding tert-OH is 1. The molecule has 6 nitrogen and oxygen atoms in total. The third-order valence-electron chi connectivity index (χ3n) is 3.45. The normalized spacial score (nSPS) is 14.8. The molecule has 0 bridgehead atoms. The van der Waals surface area contributed by atoms with Gasteiger partial charge >= 0.3 is 0 Å². The monoisotopic (exact) mass is 265 g/mol. The van der Waals surface area contributed by atoms with Gasteiger partial charge in [-0.15, -0.1) is 0 Å². The van der Waals surface area contributed by atoms with Crippen LogP contribution in [0.15, 0.2) is 0 Å². The Morgan fingerprint density at radius 1 is 1.42 bits per heavy atom. The number of hydrogen-bond donors (Lipinski definition) is 3. The van der Waals surface area contributed by atoms with Crippen LogP contribution < -0.4 is 16.2 Å². The minimum atomic E-state index is 0.103. The van der Waals surface area contributed by atoms with Crippen molar-refractivity contribution >= 4 is 11.6 Å². The lowest BCUT2D eigenvalue weighted by molar-refractivity contribution is 0.298.